The SMILES string of the molecule is COc1cc(CO)cc2c1O[C@@H]1[C@@H](O)[C@H](N(C[C@@H]3CCCO3)C(=O)C3CC3)C=C(C(=O)NCCO)[C@H]21. The smallest absolute Gasteiger partial charge is 0.247 e. The van der Waals surface area contributed by atoms with Crippen LogP contribution in [0.2, 0.25) is 0 Å². The molecule has 2 amide bonds. The molecule has 36 heavy (non-hydrogen) atoms. The van der Waals surface area contributed by atoms with Crippen molar-refractivity contribution >= 4 is 11.8 Å². The molecule has 2 heterocycles. The third kappa shape index (κ3) is 4.58. The first kappa shape index (κ1) is 25.0. The van der Waals surface area contributed by atoms with E-state index < -0.39 is 30.1 Å². The lowest BCUT2D eigenvalue weighted by molar-refractivity contribution is -0.140. The first-order chi connectivity index (χ1) is 17.5. The molecule has 0 unspecified atom stereocenters. The Kier molecular flexibility index (Phi) is 7.21. The van der Waals surface area contributed by atoms with Gasteiger partial charge in [-0.15, -0.1) is 0 Å². The summed E-state index contributed by atoms with van der Waals surface area (Å²) in [6.07, 6.45) is 2.98. The molecule has 4 N–H and O–H groups in total. The first-order valence-corrected chi connectivity index (χ1v) is 12.7. The Morgan fingerprint density at radius 1 is 1.22 bits per heavy atom. The molecule has 2 aliphatic carbocycles. The Bertz CT molecular complexity index is 1030. The van der Waals surface area contributed by atoms with Gasteiger partial charge in [0, 0.05) is 36.8 Å². The van der Waals surface area contributed by atoms with Crippen molar-refractivity contribution in [3.63, 3.8) is 0 Å². The predicted molar refractivity (Wildman–Crippen MR) is 127 cm³/mol. The molecule has 1 aromatic carbocycles. The maximum atomic E-state index is 13.4. The fraction of sp³-hybridized carbons (Fsp3) is 0.615. The highest BCUT2D eigenvalue weighted by Gasteiger charge is 2.52. The van der Waals surface area contributed by atoms with Crippen molar-refractivity contribution in [1.29, 1.82) is 0 Å². The largest absolute Gasteiger partial charge is 0.493 e. The molecule has 5 atom stereocenters. The van der Waals surface area contributed by atoms with Gasteiger partial charge in [-0.2, -0.15) is 0 Å². The molecule has 1 saturated carbocycles. The summed E-state index contributed by atoms with van der Waals surface area (Å²) in [7, 11) is 1.49. The molecule has 0 bridgehead atoms. The molecular weight excluding hydrogens is 468 g/mol. The van der Waals surface area contributed by atoms with E-state index in [2.05, 4.69) is 5.32 Å². The van der Waals surface area contributed by atoms with Crippen LogP contribution in [0.5, 0.6) is 11.5 Å². The topological polar surface area (TPSA) is 138 Å². The number of aliphatic hydroxyl groups excluding tert-OH is 3. The number of aliphatic hydroxyl groups is 3. The first-order valence-electron chi connectivity index (χ1n) is 12.7. The summed E-state index contributed by atoms with van der Waals surface area (Å²) in [5, 5.41) is 33.4. The van der Waals surface area contributed by atoms with Crippen molar-refractivity contribution in [2.45, 2.75) is 62.6 Å². The Morgan fingerprint density at radius 3 is 2.67 bits per heavy atom. The van der Waals surface area contributed by atoms with E-state index in [0.29, 0.717) is 41.4 Å². The number of benzene rings is 1. The minimum Gasteiger partial charge on any atom is -0.493 e. The number of carbonyl (C=O) groups excluding carboxylic acids is 2. The van der Waals surface area contributed by atoms with Crippen molar-refractivity contribution < 1.29 is 39.1 Å². The van der Waals surface area contributed by atoms with Gasteiger partial charge in [-0.05, 0) is 49.5 Å². The van der Waals surface area contributed by atoms with Gasteiger partial charge < -0.3 is 39.7 Å². The summed E-state index contributed by atoms with van der Waals surface area (Å²) in [5.74, 6) is -0.359. The quantitative estimate of drug-likeness (QED) is 0.377. The molecule has 1 aromatic rings. The van der Waals surface area contributed by atoms with Gasteiger partial charge in [-0.3, -0.25) is 9.59 Å². The van der Waals surface area contributed by atoms with Crippen LogP contribution in [0.1, 0.15) is 42.7 Å². The van der Waals surface area contributed by atoms with Gasteiger partial charge in [-0.1, -0.05) is 0 Å². The number of ether oxygens (including phenoxy) is 3. The third-order valence-electron chi connectivity index (χ3n) is 7.49. The number of hydrogen-bond acceptors (Lipinski definition) is 8. The highest BCUT2D eigenvalue weighted by molar-refractivity contribution is 5.96. The summed E-state index contributed by atoms with van der Waals surface area (Å²) in [4.78, 5) is 28.4. The lowest BCUT2D eigenvalue weighted by atomic mass is 9.77. The maximum Gasteiger partial charge on any atom is 0.247 e. The lowest BCUT2D eigenvalue weighted by Crippen LogP contribution is -2.57. The molecule has 196 valence electrons. The number of fused-ring (bicyclic) bond motifs is 3. The highest BCUT2D eigenvalue weighted by Crippen LogP contribution is 2.51. The summed E-state index contributed by atoms with van der Waals surface area (Å²) in [5.41, 5.74) is 1.57. The van der Waals surface area contributed by atoms with E-state index in [0.717, 1.165) is 25.7 Å². The average Bonchev–Trinajstić information content (AvgIpc) is 3.48. The molecule has 0 spiro atoms. The number of nitrogens with one attached hydrogen (secondary N) is 1. The lowest BCUT2D eigenvalue weighted by Gasteiger charge is -2.41. The monoisotopic (exact) mass is 502 g/mol. The molecule has 10 heteroatoms. The van der Waals surface area contributed by atoms with E-state index in [-0.39, 0.29) is 37.7 Å². The van der Waals surface area contributed by atoms with Crippen LogP contribution < -0.4 is 14.8 Å². The molecule has 1 saturated heterocycles. The van der Waals surface area contributed by atoms with Gasteiger partial charge in [0.1, 0.15) is 12.2 Å². The Labute approximate surface area is 209 Å². The predicted octanol–water partition coefficient (Wildman–Crippen LogP) is 0.228. The van der Waals surface area contributed by atoms with Crippen LogP contribution in [0.3, 0.4) is 0 Å². The third-order valence-corrected chi connectivity index (χ3v) is 7.49. The van der Waals surface area contributed by atoms with Crippen LogP contribution in [0.4, 0.5) is 0 Å². The highest BCUT2D eigenvalue weighted by atomic mass is 16.5. The Hall–Kier alpha value is -2.66. The number of hydrogen-bond donors (Lipinski definition) is 4. The van der Waals surface area contributed by atoms with Crippen LogP contribution in [0.15, 0.2) is 23.8 Å². The summed E-state index contributed by atoms with van der Waals surface area (Å²) < 4.78 is 17.5. The van der Waals surface area contributed by atoms with E-state index in [4.69, 9.17) is 14.2 Å². The normalized spacial score (nSPS) is 28.6. The zero-order chi connectivity index (χ0) is 25.4. The van der Waals surface area contributed by atoms with Crippen molar-refractivity contribution in [3.05, 3.63) is 34.9 Å². The minimum atomic E-state index is -1.11. The number of nitrogens with zero attached hydrogens (tertiary/aromatic N) is 1. The summed E-state index contributed by atoms with van der Waals surface area (Å²) >= 11 is 0. The number of methoxy groups -OCH3 is 1. The van der Waals surface area contributed by atoms with Gasteiger partial charge in [0.2, 0.25) is 11.8 Å². The second-order valence-corrected chi connectivity index (χ2v) is 9.92. The molecule has 2 aliphatic heterocycles. The van der Waals surface area contributed by atoms with Crippen LogP contribution in [0, 0.1) is 5.92 Å². The molecule has 5 rings (SSSR count). The van der Waals surface area contributed by atoms with Gasteiger partial charge in [0.15, 0.2) is 11.5 Å². The van der Waals surface area contributed by atoms with Gasteiger partial charge in [-0.25, -0.2) is 0 Å². The Balaban J connectivity index is 1.56. The van der Waals surface area contributed by atoms with Crippen LogP contribution in [-0.4, -0.2) is 89.8 Å². The molecular formula is C26H34N2O8. The van der Waals surface area contributed by atoms with Crippen molar-refractivity contribution in [3.8, 4) is 11.5 Å². The second kappa shape index (κ2) is 10.4. The maximum absolute atomic E-state index is 13.4. The van der Waals surface area contributed by atoms with Crippen molar-refractivity contribution in [2.24, 2.45) is 5.92 Å². The van der Waals surface area contributed by atoms with Crippen LogP contribution in [0.25, 0.3) is 0 Å². The minimum absolute atomic E-state index is 0.0463. The second-order valence-electron chi connectivity index (χ2n) is 9.92. The average molecular weight is 503 g/mol. The molecule has 10 nitrogen and oxygen atoms in total. The van der Waals surface area contributed by atoms with Gasteiger partial charge >= 0.3 is 0 Å². The zero-order valence-corrected chi connectivity index (χ0v) is 20.4. The van der Waals surface area contributed by atoms with Crippen molar-refractivity contribution in [2.75, 3.05) is 33.4 Å². The van der Waals surface area contributed by atoms with E-state index >= 15 is 0 Å². The Morgan fingerprint density at radius 2 is 2.03 bits per heavy atom. The van der Waals surface area contributed by atoms with Gasteiger partial charge in [0.05, 0.1) is 38.4 Å². The summed E-state index contributed by atoms with van der Waals surface area (Å²) in [6.45, 7) is 0.591. The zero-order valence-electron chi connectivity index (χ0n) is 20.4. The fourth-order valence-corrected chi connectivity index (χ4v) is 5.55. The number of carbonyl (C=O) groups is 2. The molecule has 2 fully saturated rings. The standard InChI is InChI=1S/C26H34N2O8/c1-34-20-10-14(13-30)9-17-21-18(25(32)27-6-7-29)11-19(22(31)24(21)36-23(17)20)28(26(33)15-4-5-15)12-16-3-2-8-35-16/h9-11,15-16,19,21-22,24,29-31H,2-8,12-13H2,1H3,(H,27,32)/t16-,19+,21-,22-,24-/m0/s1. The van der Waals surface area contributed by atoms with E-state index in [1.54, 1.807) is 23.1 Å². The molecule has 4 aliphatic rings. The number of rotatable bonds is 9. The fourth-order valence-electron chi connectivity index (χ4n) is 5.55. The molecule has 0 aromatic heterocycles. The number of amides is 2. The molecule has 0 radical (unpaired) electrons. The van der Waals surface area contributed by atoms with Gasteiger partial charge in [0.25, 0.3) is 0 Å². The summed E-state index contributed by atoms with van der Waals surface area (Å²) in [6, 6.07) is 2.63. The van der Waals surface area contributed by atoms with E-state index in [1.165, 1.54) is 7.11 Å². The van der Waals surface area contributed by atoms with Crippen LogP contribution in [-0.2, 0) is 20.9 Å². The van der Waals surface area contributed by atoms with Crippen molar-refractivity contribution in [1.82, 2.24) is 10.2 Å². The van der Waals surface area contributed by atoms with E-state index in [9.17, 15) is 24.9 Å². The van der Waals surface area contributed by atoms with Crippen LogP contribution >= 0.6 is 0 Å². The van der Waals surface area contributed by atoms with E-state index in [1.807, 2.05) is 0 Å².